The van der Waals surface area contributed by atoms with Crippen molar-refractivity contribution in [2.24, 2.45) is 0 Å². The second-order valence-electron chi connectivity index (χ2n) is 5.38. The summed E-state index contributed by atoms with van der Waals surface area (Å²) in [5.74, 6) is -0.434. The van der Waals surface area contributed by atoms with Gasteiger partial charge >= 0.3 is 0 Å². The number of rotatable bonds is 7. The number of halogens is 1. The van der Waals surface area contributed by atoms with E-state index in [2.05, 4.69) is 10.3 Å². The third-order valence-corrected chi connectivity index (χ3v) is 4.23. The first-order chi connectivity index (χ1) is 12.2. The number of aromatic nitrogens is 1. The van der Waals surface area contributed by atoms with Crippen LogP contribution in [0.3, 0.4) is 0 Å². The Morgan fingerprint density at radius 2 is 1.88 bits per heavy atom. The molecule has 3 rings (SSSR count). The molecule has 0 atom stereocenters. The largest absolute Gasteiger partial charge is 0.376 e. The van der Waals surface area contributed by atoms with E-state index in [0.29, 0.717) is 24.0 Å². The first-order valence-corrected chi connectivity index (χ1v) is 8.71. The normalized spacial score (nSPS) is 10.6. The minimum atomic E-state index is -0.289. The number of anilines is 1. The van der Waals surface area contributed by atoms with Gasteiger partial charge in [0.05, 0.1) is 25.3 Å². The van der Waals surface area contributed by atoms with E-state index in [1.54, 1.807) is 12.1 Å². The van der Waals surface area contributed by atoms with Gasteiger partial charge in [-0.1, -0.05) is 30.3 Å². The monoisotopic (exact) mass is 356 g/mol. The van der Waals surface area contributed by atoms with E-state index in [-0.39, 0.29) is 18.1 Å². The third kappa shape index (κ3) is 5.20. The summed E-state index contributed by atoms with van der Waals surface area (Å²) in [5.41, 5.74) is 2.59. The predicted molar refractivity (Wildman–Crippen MR) is 96.9 cm³/mol. The van der Waals surface area contributed by atoms with Gasteiger partial charge in [-0.15, -0.1) is 11.3 Å². The number of nitrogens with one attached hydrogen (secondary N) is 1. The third-order valence-electron chi connectivity index (χ3n) is 3.48. The van der Waals surface area contributed by atoms with Crippen LogP contribution in [0.1, 0.15) is 12.0 Å². The second-order valence-corrected chi connectivity index (χ2v) is 6.24. The van der Waals surface area contributed by atoms with Crippen LogP contribution in [0.5, 0.6) is 0 Å². The lowest BCUT2D eigenvalue weighted by atomic mass is 10.2. The lowest BCUT2D eigenvalue weighted by Gasteiger charge is -2.04. The summed E-state index contributed by atoms with van der Waals surface area (Å²) in [6.07, 6.45) is 0.262. The van der Waals surface area contributed by atoms with Crippen LogP contribution in [0.25, 0.3) is 11.3 Å². The van der Waals surface area contributed by atoms with Crippen molar-refractivity contribution in [2.45, 2.75) is 13.0 Å². The molecule has 6 heteroatoms. The zero-order chi connectivity index (χ0) is 17.5. The molecule has 0 aliphatic carbocycles. The van der Waals surface area contributed by atoms with Crippen molar-refractivity contribution >= 4 is 22.4 Å². The highest BCUT2D eigenvalue weighted by molar-refractivity contribution is 7.14. The molecule has 0 fully saturated rings. The number of ether oxygens (including phenoxy) is 1. The smallest absolute Gasteiger partial charge is 0.228 e. The summed E-state index contributed by atoms with van der Waals surface area (Å²) < 4.78 is 18.4. The number of benzene rings is 2. The number of hydrogen-bond donors (Lipinski definition) is 1. The van der Waals surface area contributed by atoms with Gasteiger partial charge in [-0.05, 0) is 29.8 Å². The summed E-state index contributed by atoms with van der Waals surface area (Å²) in [4.78, 5) is 16.3. The molecule has 128 valence electrons. The van der Waals surface area contributed by atoms with E-state index in [9.17, 15) is 9.18 Å². The van der Waals surface area contributed by atoms with E-state index in [1.165, 1.54) is 23.5 Å². The molecule has 4 nitrogen and oxygen atoms in total. The molecule has 0 spiro atoms. The van der Waals surface area contributed by atoms with E-state index in [4.69, 9.17) is 4.74 Å². The first kappa shape index (κ1) is 17.3. The summed E-state index contributed by atoms with van der Waals surface area (Å²) >= 11 is 1.34. The molecule has 1 N–H and O–H groups in total. The molecule has 0 aliphatic heterocycles. The Hall–Kier alpha value is -2.57. The maximum Gasteiger partial charge on any atom is 0.228 e. The van der Waals surface area contributed by atoms with Crippen LogP contribution in [-0.2, 0) is 16.1 Å². The Balaban J connectivity index is 1.44. The van der Waals surface area contributed by atoms with Crippen molar-refractivity contribution in [3.05, 3.63) is 71.4 Å². The van der Waals surface area contributed by atoms with Gasteiger partial charge in [0, 0.05) is 10.9 Å². The van der Waals surface area contributed by atoms with Crippen molar-refractivity contribution in [1.29, 1.82) is 0 Å². The fraction of sp³-hybridized carbons (Fsp3) is 0.158. The zero-order valence-electron chi connectivity index (χ0n) is 13.4. The average molecular weight is 356 g/mol. The standard InChI is InChI=1S/C19H17FN2O2S/c20-16-8-6-15(7-9-16)17-13-25-19(21-17)22-18(23)10-11-24-12-14-4-2-1-3-5-14/h1-9,13H,10-12H2,(H,21,22,23). The Morgan fingerprint density at radius 3 is 2.64 bits per heavy atom. The number of carbonyl (C=O) groups excluding carboxylic acids is 1. The summed E-state index contributed by atoms with van der Waals surface area (Å²) in [5, 5.41) is 5.11. The van der Waals surface area contributed by atoms with Gasteiger partial charge in [0.25, 0.3) is 0 Å². The van der Waals surface area contributed by atoms with Crippen LogP contribution in [0.4, 0.5) is 9.52 Å². The van der Waals surface area contributed by atoms with Gasteiger partial charge in [0.2, 0.25) is 5.91 Å². The van der Waals surface area contributed by atoms with Gasteiger partial charge in [-0.2, -0.15) is 0 Å². The molecule has 25 heavy (non-hydrogen) atoms. The average Bonchev–Trinajstić information content (AvgIpc) is 3.09. The predicted octanol–water partition coefficient (Wildman–Crippen LogP) is 4.49. The molecule has 0 aliphatic rings. The quantitative estimate of drug-likeness (QED) is 0.635. The van der Waals surface area contributed by atoms with Crippen LogP contribution >= 0.6 is 11.3 Å². The molecule has 0 radical (unpaired) electrons. The van der Waals surface area contributed by atoms with E-state index >= 15 is 0 Å². The summed E-state index contributed by atoms with van der Waals surface area (Å²) in [6, 6.07) is 15.9. The van der Waals surface area contributed by atoms with Gasteiger partial charge in [-0.3, -0.25) is 4.79 Å². The lowest BCUT2D eigenvalue weighted by Crippen LogP contribution is -2.14. The van der Waals surface area contributed by atoms with E-state index in [1.807, 2.05) is 35.7 Å². The van der Waals surface area contributed by atoms with E-state index in [0.717, 1.165) is 11.1 Å². The van der Waals surface area contributed by atoms with Crippen molar-refractivity contribution in [2.75, 3.05) is 11.9 Å². The van der Waals surface area contributed by atoms with Gasteiger partial charge in [0.15, 0.2) is 5.13 Å². The minimum Gasteiger partial charge on any atom is -0.376 e. The van der Waals surface area contributed by atoms with Gasteiger partial charge in [-0.25, -0.2) is 9.37 Å². The Morgan fingerprint density at radius 1 is 1.12 bits per heavy atom. The van der Waals surface area contributed by atoms with Crippen LogP contribution in [0, 0.1) is 5.82 Å². The maximum atomic E-state index is 12.9. The van der Waals surface area contributed by atoms with E-state index < -0.39 is 0 Å². The number of carbonyl (C=O) groups is 1. The summed E-state index contributed by atoms with van der Waals surface area (Å²) in [6.45, 7) is 0.830. The minimum absolute atomic E-state index is 0.145. The number of nitrogens with zero attached hydrogens (tertiary/aromatic N) is 1. The Labute approximate surface area is 149 Å². The maximum absolute atomic E-state index is 12.9. The molecule has 3 aromatic rings. The molecule has 1 aromatic heterocycles. The van der Waals surface area contributed by atoms with Crippen LogP contribution in [-0.4, -0.2) is 17.5 Å². The molecule has 1 heterocycles. The lowest BCUT2D eigenvalue weighted by molar-refractivity contribution is -0.117. The molecule has 0 saturated heterocycles. The molecule has 2 aromatic carbocycles. The molecule has 0 saturated carbocycles. The zero-order valence-corrected chi connectivity index (χ0v) is 14.3. The highest BCUT2D eigenvalue weighted by atomic mass is 32.1. The molecular weight excluding hydrogens is 339 g/mol. The SMILES string of the molecule is O=C(CCOCc1ccccc1)Nc1nc(-c2ccc(F)cc2)cs1. The van der Waals surface area contributed by atoms with Crippen molar-refractivity contribution in [3.63, 3.8) is 0 Å². The second kappa shape index (κ2) is 8.50. The molecular formula is C19H17FN2O2S. The summed E-state index contributed by atoms with van der Waals surface area (Å²) in [7, 11) is 0. The fourth-order valence-electron chi connectivity index (χ4n) is 2.20. The molecule has 0 bridgehead atoms. The Bertz CT molecular complexity index is 819. The van der Waals surface area contributed by atoms with Crippen LogP contribution in [0.2, 0.25) is 0 Å². The highest BCUT2D eigenvalue weighted by Gasteiger charge is 2.08. The van der Waals surface area contributed by atoms with Crippen LogP contribution in [0.15, 0.2) is 60.0 Å². The topological polar surface area (TPSA) is 51.2 Å². The number of amides is 1. The number of thiazole rings is 1. The molecule has 1 amide bonds. The Kier molecular flexibility index (Phi) is 5.87. The van der Waals surface area contributed by atoms with Gasteiger partial charge in [0.1, 0.15) is 5.82 Å². The van der Waals surface area contributed by atoms with Crippen molar-refractivity contribution in [1.82, 2.24) is 4.98 Å². The van der Waals surface area contributed by atoms with Crippen LogP contribution < -0.4 is 5.32 Å². The molecule has 0 unspecified atom stereocenters. The van der Waals surface area contributed by atoms with Gasteiger partial charge < -0.3 is 10.1 Å². The number of hydrogen-bond acceptors (Lipinski definition) is 4. The first-order valence-electron chi connectivity index (χ1n) is 7.84. The van der Waals surface area contributed by atoms with Crippen molar-refractivity contribution in [3.8, 4) is 11.3 Å². The van der Waals surface area contributed by atoms with Crippen molar-refractivity contribution < 1.29 is 13.9 Å². The fourth-order valence-corrected chi connectivity index (χ4v) is 2.93. The highest BCUT2D eigenvalue weighted by Crippen LogP contribution is 2.25.